The van der Waals surface area contributed by atoms with Crippen molar-refractivity contribution in [3.8, 4) is 0 Å². The summed E-state index contributed by atoms with van der Waals surface area (Å²) in [6, 6.07) is 0. The maximum atomic E-state index is 10.7. The smallest absolute Gasteiger partial charge is 0.306 e. The zero-order chi connectivity index (χ0) is 12.0. The Balaban J connectivity index is 1.67. The highest BCUT2D eigenvalue weighted by Gasteiger charge is 2.49. The molecule has 92 valence electrons. The number of epoxide rings is 1. The molecule has 1 saturated heterocycles. The summed E-state index contributed by atoms with van der Waals surface area (Å²) in [5.41, 5.74) is -0.665. The summed E-state index contributed by atoms with van der Waals surface area (Å²) >= 11 is 0. The molecule has 0 bridgehead atoms. The molecule has 0 radical (unpaired) electrons. The minimum Gasteiger partial charge on any atom is -0.481 e. The second-order valence-corrected chi connectivity index (χ2v) is 4.76. The Bertz CT molecular complexity index is 448. The van der Waals surface area contributed by atoms with Crippen LogP contribution in [0.3, 0.4) is 0 Å². The van der Waals surface area contributed by atoms with E-state index in [1.165, 1.54) is 0 Å². The van der Waals surface area contributed by atoms with Crippen molar-refractivity contribution in [1.82, 2.24) is 15.0 Å². The summed E-state index contributed by atoms with van der Waals surface area (Å²) in [7, 11) is 0. The van der Waals surface area contributed by atoms with Crippen LogP contribution < -0.4 is 0 Å². The van der Waals surface area contributed by atoms with E-state index < -0.39 is 17.5 Å². The molecular formula is C10H13N3O4. The van der Waals surface area contributed by atoms with E-state index in [4.69, 9.17) is 9.84 Å². The van der Waals surface area contributed by atoms with E-state index in [0.717, 1.165) is 6.61 Å². The number of carbonyl (C=O) groups is 1. The third-order valence-electron chi connectivity index (χ3n) is 3.33. The lowest BCUT2D eigenvalue weighted by Crippen LogP contribution is -2.44. The van der Waals surface area contributed by atoms with Crippen LogP contribution >= 0.6 is 0 Å². The average molecular weight is 239 g/mol. The van der Waals surface area contributed by atoms with Crippen molar-refractivity contribution in [2.75, 3.05) is 6.61 Å². The molecule has 2 fully saturated rings. The molecule has 2 aliphatic rings. The Hall–Kier alpha value is -1.47. The molecule has 0 aromatic carbocycles. The number of carboxylic acids is 1. The lowest BCUT2D eigenvalue weighted by atomic mass is 9.69. The zero-order valence-corrected chi connectivity index (χ0v) is 9.11. The van der Waals surface area contributed by atoms with Gasteiger partial charge in [-0.2, -0.15) is 0 Å². The van der Waals surface area contributed by atoms with Gasteiger partial charge in [0, 0.05) is 0 Å². The highest BCUT2D eigenvalue weighted by molar-refractivity contribution is 5.71. The fourth-order valence-electron chi connectivity index (χ4n) is 2.12. The van der Waals surface area contributed by atoms with Crippen molar-refractivity contribution >= 4 is 5.97 Å². The lowest BCUT2D eigenvalue weighted by Gasteiger charge is -2.39. The van der Waals surface area contributed by atoms with Crippen LogP contribution in [0.5, 0.6) is 0 Å². The van der Waals surface area contributed by atoms with Crippen LogP contribution in [0.4, 0.5) is 0 Å². The Morgan fingerprint density at radius 3 is 2.94 bits per heavy atom. The van der Waals surface area contributed by atoms with Crippen LogP contribution in [-0.2, 0) is 21.7 Å². The Labute approximate surface area is 97.0 Å². The van der Waals surface area contributed by atoms with Gasteiger partial charge in [-0.05, 0) is 12.8 Å². The number of carboxylic acid groups (broad SMARTS) is 1. The van der Waals surface area contributed by atoms with Crippen molar-refractivity contribution in [2.45, 2.75) is 31.1 Å². The van der Waals surface area contributed by atoms with Gasteiger partial charge < -0.3 is 14.9 Å². The third kappa shape index (κ3) is 1.91. The number of rotatable bonds is 4. The predicted octanol–water partition coefficient (Wildman–Crippen LogP) is -0.641. The summed E-state index contributed by atoms with van der Waals surface area (Å²) in [5.74, 6) is -1.34. The number of hydrogen-bond acceptors (Lipinski definition) is 5. The molecule has 1 aliphatic carbocycles. The predicted molar refractivity (Wildman–Crippen MR) is 54.0 cm³/mol. The summed E-state index contributed by atoms with van der Waals surface area (Å²) < 4.78 is 6.69. The molecule has 1 atom stereocenters. The molecule has 1 aromatic heterocycles. The fourth-order valence-corrected chi connectivity index (χ4v) is 2.12. The molecule has 0 spiro atoms. The van der Waals surface area contributed by atoms with Crippen molar-refractivity contribution in [3.05, 3.63) is 11.9 Å². The first-order chi connectivity index (χ1) is 8.07. The van der Waals surface area contributed by atoms with Crippen molar-refractivity contribution in [2.24, 2.45) is 5.92 Å². The molecule has 17 heavy (non-hydrogen) atoms. The first kappa shape index (κ1) is 10.7. The second-order valence-electron chi connectivity index (χ2n) is 4.76. The van der Waals surface area contributed by atoms with E-state index in [1.807, 2.05) is 0 Å². The summed E-state index contributed by atoms with van der Waals surface area (Å²) in [4.78, 5) is 10.7. The number of ether oxygens (including phenoxy) is 1. The maximum Gasteiger partial charge on any atom is 0.306 e. The highest BCUT2D eigenvalue weighted by Crippen LogP contribution is 2.44. The van der Waals surface area contributed by atoms with E-state index in [1.54, 1.807) is 10.9 Å². The quantitative estimate of drug-likeness (QED) is 0.678. The molecule has 3 rings (SSSR count). The van der Waals surface area contributed by atoms with Crippen molar-refractivity contribution in [3.63, 3.8) is 0 Å². The minimum atomic E-state index is -1.12. The lowest BCUT2D eigenvalue weighted by molar-refractivity contribution is -0.160. The van der Waals surface area contributed by atoms with Crippen LogP contribution in [-0.4, -0.2) is 43.9 Å². The number of aliphatic hydroxyl groups is 1. The van der Waals surface area contributed by atoms with Crippen molar-refractivity contribution in [1.29, 1.82) is 0 Å². The van der Waals surface area contributed by atoms with Crippen LogP contribution in [0.2, 0.25) is 0 Å². The molecule has 1 saturated carbocycles. The normalized spacial score (nSPS) is 35.4. The van der Waals surface area contributed by atoms with Gasteiger partial charge in [0.15, 0.2) is 0 Å². The maximum absolute atomic E-state index is 10.7. The molecule has 0 unspecified atom stereocenters. The van der Waals surface area contributed by atoms with Crippen molar-refractivity contribution < 1.29 is 19.7 Å². The number of nitrogens with zero attached hydrogens (tertiary/aromatic N) is 3. The first-order valence-corrected chi connectivity index (χ1v) is 5.54. The fraction of sp³-hybridized carbons (Fsp3) is 0.700. The Kier molecular flexibility index (Phi) is 2.20. The standard InChI is InChI=1S/C10H13N3O4/c14-9(15)6-1-10(16,2-6)8-4-13(12-11-8)3-7-5-17-7/h4,6-7,16H,1-3,5H2,(H,14,15)/t6?,7-,10?/m1/s1. The van der Waals surface area contributed by atoms with Crippen LogP contribution in [0, 0.1) is 5.92 Å². The zero-order valence-electron chi connectivity index (χ0n) is 9.11. The van der Waals surface area contributed by atoms with Gasteiger partial charge in [-0.25, -0.2) is 4.68 Å². The molecule has 2 heterocycles. The van der Waals surface area contributed by atoms with E-state index in [2.05, 4.69) is 10.3 Å². The minimum absolute atomic E-state index is 0.201. The van der Waals surface area contributed by atoms with Gasteiger partial charge in [-0.1, -0.05) is 5.21 Å². The van der Waals surface area contributed by atoms with E-state index in [9.17, 15) is 9.90 Å². The van der Waals surface area contributed by atoms with E-state index in [-0.39, 0.29) is 18.9 Å². The summed E-state index contributed by atoms with van der Waals surface area (Å²) in [6.45, 7) is 1.37. The van der Waals surface area contributed by atoms with Gasteiger partial charge in [0.2, 0.25) is 0 Å². The van der Waals surface area contributed by atoms with E-state index >= 15 is 0 Å². The molecule has 1 aromatic rings. The molecule has 0 amide bonds. The Morgan fingerprint density at radius 2 is 2.35 bits per heavy atom. The highest BCUT2D eigenvalue weighted by atomic mass is 16.6. The number of hydrogen-bond donors (Lipinski definition) is 2. The second kappa shape index (κ2) is 3.51. The molecule has 7 heteroatoms. The van der Waals surface area contributed by atoms with Gasteiger partial charge >= 0.3 is 5.97 Å². The molecule has 2 N–H and O–H groups in total. The topological polar surface area (TPSA) is 101 Å². The largest absolute Gasteiger partial charge is 0.481 e. The van der Waals surface area contributed by atoms with Gasteiger partial charge in [0.05, 0.1) is 25.3 Å². The summed E-state index contributed by atoms with van der Waals surface area (Å²) in [6.07, 6.45) is 2.29. The SMILES string of the molecule is O=C(O)C1CC(O)(c2cn(C[C@@H]3CO3)nn2)C1. The molecule has 1 aliphatic heterocycles. The van der Waals surface area contributed by atoms with Crippen LogP contribution in [0.1, 0.15) is 18.5 Å². The number of aliphatic carboxylic acids is 1. The van der Waals surface area contributed by atoms with Gasteiger partial charge in [0.25, 0.3) is 0 Å². The van der Waals surface area contributed by atoms with Crippen LogP contribution in [0.15, 0.2) is 6.20 Å². The molecular weight excluding hydrogens is 226 g/mol. The van der Waals surface area contributed by atoms with Crippen LogP contribution in [0.25, 0.3) is 0 Å². The van der Waals surface area contributed by atoms with E-state index in [0.29, 0.717) is 12.2 Å². The number of aromatic nitrogens is 3. The molecule has 7 nitrogen and oxygen atoms in total. The van der Waals surface area contributed by atoms with Gasteiger partial charge in [-0.3, -0.25) is 4.79 Å². The van der Waals surface area contributed by atoms with Gasteiger partial charge in [0.1, 0.15) is 17.4 Å². The summed E-state index contributed by atoms with van der Waals surface area (Å²) in [5, 5.41) is 26.7. The Morgan fingerprint density at radius 1 is 1.65 bits per heavy atom. The third-order valence-corrected chi connectivity index (χ3v) is 3.33. The first-order valence-electron chi connectivity index (χ1n) is 5.54. The average Bonchev–Trinajstić information content (AvgIpc) is 2.89. The monoisotopic (exact) mass is 239 g/mol. The van der Waals surface area contributed by atoms with Gasteiger partial charge in [-0.15, -0.1) is 5.10 Å².